The summed E-state index contributed by atoms with van der Waals surface area (Å²) in [6, 6.07) is 11.3. The second-order valence-electron chi connectivity index (χ2n) is 6.19. The summed E-state index contributed by atoms with van der Waals surface area (Å²) in [5.74, 6) is 0.650. The molecule has 2 bridgehead atoms. The number of carbonyl (C=O) groups excluding carboxylic acids is 1. The second-order valence-corrected chi connectivity index (χ2v) is 6.19. The summed E-state index contributed by atoms with van der Waals surface area (Å²) >= 11 is 0. The predicted molar refractivity (Wildman–Crippen MR) is 87.9 cm³/mol. The Bertz CT molecular complexity index is 451. The Hall–Kier alpha value is -1.06. The first-order chi connectivity index (χ1) is 9.75. The highest BCUT2D eigenvalue weighted by atomic mass is 35.5. The van der Waals surface area contributed by atoms with E-state index < -0.39 is 0 Å². The van der Waals surface area contributed by atoms with E-state index >= 15 is 0 Å². The molecule has 0 aromatic heterocycles. The number of carbonyl (C=O) groups is 1. The molecule has 2 saturated heterocycles. The molecule has 0 spiro atoms. The van der Waals surface area contributed by atoms with Crippen molar-refractivity contribution < 1.29 is 4.79 Å². The Labute approximate surface area is 133 Å². The van der Waals surface area contributed by atoms with Crippen LogP contribution in [0.5, 0.6) is 0 Å². The zero-order chi connectivity index (χ0) is 13.9. The van der Waals surface area contributed by atoms with Gasteiger partial charge in [0.1, 0.15) is 0 Å². The normalized spacial score (nSPS) is 25.9. The summed E-state index contributed by atoms with van der Waals surface area (Å²) in [7, 11) is 0. The molecule has 4 heteroatoms. The number of fused-ring (bicyclic) bond motifs is 2. The number of rotatable bonds is 3. The maximum absolute atomic E-state index is 12.7. The van der Waals surface area contributed by atoms with Gasteiger partial charge in [-0.2, -0.15) is 0 Å². The van der Waals surface area contributed by atoms with Gasteiger partial charge in [-0.25, -0.2) is 0 Å². The van der Waals surface area contributed by atoms with Gasteiger partial charge in [0.05, 0.1) is 0 Å². The van der Waals surface area contributed by atoms with Crippen molar-refractivity contribution in [1.29, 1.82) is 0 Å². The number of benzene rings is 1. The van der Waals surface area contributed by atoms with E-state index in [-0.39, 0.29) is 12.4 Å². The van der Waals surface area contributed by atoms with E-state index in [0.29, 0.717) is 30.3 Å². The third-order valence-corrected chi connectivity index (χ3v) is 4.79. The summed E-state index contributed by atoms with van der Waals surface area (Å²) in [6.45, 7) is 4.19. The molecule has 1 N–H and O–H groups in total. The van der Waals surface area contributed by atoms with Gasteiger partial charge >= 0.3 is 0 Å². The van der Waals surface area contributed by atoms with Crippen LogP contribution in [0.3, 0.4) is 0 Å². The smallest absolute Gasteiger partial charge is 0.223 e. The highest BCUT2D eigenvalue weighted by Gasteiger charge is 2.37. The van der Waals surface area contributed by atoms with Gasteiger partial charge in [-0.05, 0) is 37.3 Å². The lowest BCUT2D eigenvalue weighted by Gasteiger charge is -2.29. The van der Waals surface area contributed by atoms with Gasteiger partial charge in [0, 0.05) is 25.0 Å². The van der Waals surface area contributed by atoms with Gasteiger partial charge in [-0.3, -0.25) is 4.79 Å². The number of hydrogen-bond donors (Lipinski definition) is 1. The molecule has 0 saturated carbocycles. The average Bonchev–Trinajstić information content (AvgIpc) is 2.73. The quantitative estimate of drug-likeness (QED) is 0.931. The molecule has 2 fully saturated rings. The fourth-order valence-corrected chi connectivity index (χ4v) is 3.66. The van der Waals surface area contributed by atoms with Crippen LogP contribution >= 0.6 is 12.4 Å². The Morgan fingerprint density at radius 3 is 2.71 bits per heavy atom. The fraction of sp³-hybridized carbons (Fsp3) is 0.588. The lowest BCUT2D eigenvalue weighted by Crippen LogP contribution is -2.42. The summed E-state index contributed by atoms with van der Waals surface area (Å²) < 4.78 is 0. The fourth-order valence-electron chi connectivity index (χ4n) is 3.66. The molecule has 0 radical (unpaired) electrons. The molecule has 1 aromatic rings. The lowest BCUT2D eigenvalue weighted by molar-refractivity contribution is -0.134. The predicted octanol–water partition coefficient (Wildman–Crippen LogP) is 2.95. The van der Waals surface area contributed by atoms with Crippen molar-refractivity contribution in [3.05, 3.63) is 35.9 Å². The maximum Gasteiger partial charge on any atom is 0.223 e. The third kappa shape index (κ3) is 3.58. The topological polar surface area (TPSA) is 32.3 Å². The third-order valence-electron chi connectivity index (χ3n) is 4.79. The number of nitrogens with one attached hydrogen (secondary N) is 1. The molecule has 2 aliphatic heterocycles. The molecule has 3 atom stereocenters. The number of halogens is 1. The van der Waals surface area contributed by atoms with E-state index in [9.17, 15) is 4.79 Å². The minimum Gasteiger partial charge on any atom is -0.335 e. The second kappa shape index (κ2) is 7.28. The summed E-state index contributed by atoms with van der Waals surface area (Å²) in [5, 5.41) is 3.45. The first kappa shape index (κ1) is 16.3. The van der Waals surface area contributed by atoms with Gasteiger partial charge in [0.2, 0.25) is 5.91 Å². The summed E-state index contributed by atoms with van der Waals surface area (Å²) in [4.78, 5) is 14.9. The van der Waals surface area contributed by atoms with Crippen LogP contribution in [0.15, 0.2) is 30.3 Å². The zero-order valence-electron chi connectivity index (χ0n) is 12.6. The van der Waals surface area contributed by atoms with Crippen LogP contribution < -0.4 is 5.32 Å². The molecule has 2 heterocycles. The first-order valence-corrected chi connectivity index (χ1v) is 7.82. The minimum absolute atomic E-state index is 0. The number of hydrogen-bond acceptors (Lipinski definition) is 2. The molecule has 1 aromatic carbocycles. The maximum atomic E-state index is 12.7. The van der Waals surface area contributed by atoms with Gasteiger partial charge in [-0.15, -0.1) is 12.4 Å². The SMILES string of the molecule is CC(CC(=O)N1C2CCNCC1CC2)c1ccccc1.Cl. The van der Waals surface area contributed by atoms with Gasteiger partial charge in [0.25, 0.3) is 0 Å². The van der Waals surface area contributed by atoms with E-state index in [1.54, 1.807) is 0 Å². The molecular formula is C17H25ClN2O. The summed E-state index contributed by atoms with van der Waals surface area (Å²) in [6.07, 6.45) is 4.11. The van der Waals surface area contributed by atoms with Crippen molar-refractivity contribution >= 4 is 18.3 Å². The van der Waals surface area contributed by atoms with Crippen molar-refractivity contribution in [2.45, 2.75) is 50.6 Å². The molecule has 3 rings (SSSR count). The minimum atomic E-state index is 0. The van der Waals surface area contributed by atoms with Crippen LogP contribution in [0.2, 0.25) is 0 Å². The van der Waals surface area contributed by atoms with Gasteiger partial charge < -0.3 is 10.2 Å². The van der Waals surface area contributed by atoms with Crippen molar-refractivity contribution in [1.82, 2.24) is 10.2 Å². The van der Waals surface area contributed by atoms with E-state index in [1.807, 2.05) is 6.07 Å². The van der Waals surface area contributed by atoms with Crippen molar-refractivity contribution in [2.75, 3.05) is 13.1 Å². The van der Waals surface area contributed by atoms with Gasteiger partial charge in [-0.1, -0.05) is 37.3 Å². The zero-order valence-corrected chi connectivity index (χ0v) is 13.4. The molecular weight excluding hydrogens is 284 g/mol. The van der Waals surface area contributed by atoms with E-state index in [4.69, 9.17) is 0 Å². The Morgan fingerprint density at radius 1 is 1.24 bits per heavy atom. The van der Waals surface area contributed by atoms with Crippen LogP contribution in [-0.2, 0) is 4.79 Å². The number of amides is 1. The highest BCUT2D eigenvalue weighted by Crippen LogP contribution is 2.30. The number of nitrogens with zero attached hydrogens (tertiary/aromatic N) is 1. The Balaban J connectivity index is 0.00000161. The summed E-state index contributed by atoms with van der Waals surface area (Å²) in [5.41, 5.74) is 1.26. The highest BCUT2D eigenvalue weighted by molar-refractivity contribution is 5.85. The monoisotopic (exact) mass is 308 g/mol. The largest absolute Gasteiger partial charge is 0.335 e. The standard InChI is InChI=1S/C17H24N2O.ClH/c1-13(14-5-3-2-4-6-14)11-17(20)19-15-7-8-16(19)12-18-10-9-15;/h2-6,13,15-16,18H,7-12H2,1H3;1H. The molecule has 3 unspecified atom stereocenters. The molecule has 21 heavy (non-hydrogen) atoms. The van der Waals surface area contributed by atoms with Crippen LogP contribution in [0.25, 0.3) is 0 Å². The molecule has 116 valence electrons. The molecule has 0 aliphatic carbocycles. The molecule has 3 nitrogen and oxygen atoms in total. The Kier molecular flexibility index (Phi) is 5.65. The lowest BCUT2D eigenvalue weighted by atomic mass is 9.97. The van der Waals surface area contributed by atoms with Crippen LogP contribution in [-0.4, -0.2) is 36.0 Å². The average molecular weight is 309 g/mol. The molecule has 1 amide bonds. The van der Waals surface area contributed by atoms with E-state index in [0.717, 1.165) is 19.5 Å². The van der Waals surface area contributed by atoms with Crippen molar-refractivity contribution in [3.63, 3.8) is 0 Å². The van der Waals surface area contributed by atoms with E-state index in [1.165, 1.54) is 18.4 Å². The van der Waals surface area contributed by atoms with E-state index in [2.05, 4.69) is 41.4 Å². The van der Waals surface area contributed by atoms with Crippen LogP contribution in [0, 0.1) is 0 Å². The molecule has 2 aliphatic rings. The van der Waals surface area contributed by atoms with Crippen molar-refractivity contribution in [3.8, 4) is 0 Å². The van der Waals surface area contributed by atoms with Crippen molar-refractivity contribution in [2.24, 2.45) is 0 Å². The van der Waals surface area contributed by atoms with Crippen LogP contribution in [0.1, 0.15) is 44.1 Å². The first-order valence-electron chi connectivity index (χ1n) is 7.82. The van der Waals surface area contributed by atoms with Crippen LogP contribution in [0.4, 0.5) is 0 Å². The Morgan fingerprint density at radius 2 is 1.95 bits per heavy atom. The van der Waals surface area contributed by atoms with Gasteiger partial charge in [0.15, 0.2) is 0 Å².